The van der Waals surface area contributed by atoms with Gasteiger partial charge in [-0.25, -0.2) is 4.98 Å². The van der Waals surface area contributed by atoms with E-state index in [0.717, 1.165) is 12.2 Å². The summed E-state index contributed by atoms with van der Waals surface area (Å²) in [5, 5.41) is 6.40. The number of nitrogens with zero attached hydrogens (tertiary/aromatic N) is 3. The lowest BCUT2D eigenvalue weighted by molar-refractivity contribution is 0.827. The van der Waals surface area contributed by atoms with Crippen LogP contribution in [0, 0.1) is 0 Å². The molecular weight excluding hydrogens is 398 g/mol. The highest BCUT2D eigenvalue weighted by Crippen LogP contribution is 2.40. The number of thiophene rings is 1. The Balaban J connectivity index is 1.55. The quantitative estimate of drug-likeness (QED) is 0.285. The van der Waals surface area contributed by atoms with Gasteiger partial charge in [0.1, 0.15) is 10.5 Å². The third kappa shape index (κ3) is 2.25. The zero-order valence-corrected chi connectivity index (χ0v) is 17.9. The number of hydrogen-bond donors (Lipinski definition) is 0. The van der Waals surface area contributed by atoms with Crippen LogP contribution in [0.1, 0.15) is 6.92 Å². The first kappa shape index (κ1) is 17.1. The Morgan fingerprint density at radius 3 is 2.42 bits per heavy atom. The van der Waals surface area contributed by atoms with E-state index in [1.165, 1.54) is 53.2 Å². The van der Waals surface area contributed by atoms with E-state index in [9.17, 15) is 0 Å². The van der Waals surface area contributed by atoms with Crippen LogP contribution < -0.4 is 0 Å². The van der Waals surface area contributed by atoms with Crippen LogP contribution in [0.15, 0.2) is 85.2 Å². The Morgan fingerprint density at radius 2 is 1.55 bits per heavy atom. The number of imidazole rings is 1. The Kier molecular flexibility index (Phi) is 3.41. The molecule has 0 saturated carbocycles. The van der Waals surface area contributed by atoms with Gasteiger partial charge in [-0.05, 0) is 42.1 Å². The molecule has 0 aliphatic carbocycles. The maximum Gasteiger partial charge on any atom is 0.145 e. The van der Waals surface area contributed by atoms with Gasteiger partial charge in [-0.1, -0.05) is 48.5 Å². The topological polar surface area (TPSA) is 22.2 Å². The Hall–Kier alpha value is -3.63. The summed E-state index contributed by atoms with van der Waals surface area (Å²) < 4.78 is 4.63. The molecule has 0 aliphatic heterocycles. The minimum absolute atomic E-state index is 0.969. The number of aryl methyl sites for hydroxylation is 1. The number of fused-ring (bicyclic) bond motifs is 9. The van der Waals surface area contributed by atoms with Crippen molar-refractivity contribution in [3.8, 4) is 10.4 Å². The number of aromatic nitrogens is 3. The van der Waals surface area contributed by atoms with Crippen LogP contribution in [0.3, 0.4) is 0 Å². The largest absolute Gasteiger partial charge is 0.341 e. The van der Waals surface area contributed by atoms with Crippen LogP contribution in [0.5, 0.6) is 0 Å². The first-order valence-corrected chi connectivity index (χ1v) is 11.4. The summed E-state index contributed by atoms with van der Waals surface area (Å²) in [5.74, 6) is 0. The van der Waals surface area contributed by atoms with Gasteiger partial charge >= 0.3 is 0 Å². The summed E-state index contributed by atoms with van der Waals surface area (Å²) in [7, 11) is 0. The van der Waals surface area contributed by atoms with Crippen molar-refractivity contribution in [2.45, 2.75) is 13.5 Å². The molecule has 0 N–H and O–H groups in total. The maximum absolute atomic E-state index is 4.63. The predicted molar refractivity (Wildman–Crippen MR) is 132 cm³/mol. The van der Waals surface area contributed by atoms with Gasteiger partial charge in [0.15, 0.2) is 0 Å². The van der Waals surface area contributed by atoms with Crippen LogP contribution >= 0.6 is 11.3 Å². The van der Waals surface area contributed by atoms with Gasteiger partial charge in [0.25, 0.3) is 0 Å². The first-order valence-electron chi connectivity index (χ1n) is 10.6. The minimum atomic E-state index is 0.969. The molecule has 0 amide bonds. The van der Waals surface area contributed by atoms with E-state index in [2.05, 4.69) is 99.9 Å². The van der Waals surface area contributed by atoms with Gasteiger partial charge in [-0.15, -0.1) is 11.3 Å². The third-order valence-electron chi connectivity index (χ3n) is 6.40. The summed E-state index contributed by atoms with van der Waals surface area (Å²) in [5.41, 5.74) is 4.90. The second-order valence-corrected chi connectivity index (χ2v) is 9.02. The number of pyridine rings is 1. The van der Waals surface area contributed by atoms with Gasteiger partial charge < -0.3 is 4.57 Å². The van der Waals surface area contributed by atoms with Crippen LogP contribution in [0.25, 0.3) is 58.9 Å². The summed E-state index contributed by atoms with van der Waals surface area (Å²) in [4.78, 5) is 7.17. The number of hydrogen-bond acceptors (Lipinski definition) is 2. The summed E-state index contributed by atoms with van der Waals surface area (Å²) in [6.07, 6.45) is 3.97. The molecule has 0 spiro atoms. The van der Waals surface area contributed by atoms with E-state index in [4.69, 9.17) is 0 Å². The number of rotatable bonds is 2. The first-order chi connectivity index (χ1) is 15.3. The van der Waals surface area contributed by atoms with Crippen molar-refractivity contribution >= 4 is 59.8 Å². The summed E-state index contributed by atoms with van der Waals surface area (Å²) in [6, 6.07) is 26.6. The molecule has 4 heterocycles. The van der Waals surface area contributed by atoms with Gasteiger partial charge in [-0.3, -0.25) is 4.40 Å². The minimum Gasteiger partial charge on any atom is -0.341 e. The summed E-state index contributed by atoms with van der Waals surface area (Å²) >= 11 is 1.84. The third-order valence-corrected chi connectivity index (χ3v) is 7.59. The fourth-order valence-electron chi connectivity index (χ4n) is 5.02. The molecule has 0 bridgehead atoms. The Labute approximate surface area is 182 Å². The van der Waals surface area contributed by atoms with Crippen molar-refractivity contribution < 1.29 is 0 Å². The van der Waals surface area contributed by atoms with Crippen molar-refractivity contribution in [3.05, 3.63) is 85.2 Å². The zero-order chi connectivity index (χ0) is 20.5. The van der Waals surface area contributed by atoms with E-state index in [1.807, 2.05) is 17.5 Å². The smallest absolute Gasteiger partial charge is 0.145 e. The van der Waals surface area contributed by atoms with Crippen molar-refractivity contribution in [1.82, 2.24) is 14.0 Å². The lowest BCUT2D eigenvalue weighted by Gasteiger charge is -2.03. The second kappa shape index (κ2) is 6.19. The molecule has 3 nitrogen and oxygen atoms in total. The van der Waals surface area contributed by atoms with E-state index in [-0.39, 0.29) is 0 Å². The molecule has 31 heavy (non-hydrogen) atoms. The second-order valence-electron chi connectivity index (χ2n) is 7.99. The van der Waals surface area contributed by atoms with E-state index in [0.29, 0.717) is 0 Å². The molecule has 0 radical (unpaired) electrons. The van der Waals surface area contributed by atoms with E-state index >= 15 is 0 Å². The van der Waals surface area contributed by atoms with Crippen LogP contribution in [0.4, 0.5) is 0 Å². The molecule has 0 atom stereocenters. The monoisotopic (exact) mass is 417 g/mol. The molecule has 148 valence electrons. The van der Waals surface area contributed by atoms with Crippen molar-refractivity contribution in [1.29, 1.82) is 0 Å². The normalized spacial score (nSPS) is 12.2. The van der Waals surface area contributed by atoms with E-state index < -0.39 is 0 Å². The average Bonchev–Trinajstić information content (AvgIpc) is 3.54. The molecule has 0 saturated heterocycles. The van der Waals surface area contributed by atoms with Gasteiger partial charge in [0.2, 0.25) is 0 Å². The molecule has 0 aliphatic rings. The highest BCUT2D eigenvalue weighted by molar-refractivity contribution is 7.22. The average molecular weight is 418 g/mol. The highest BCUT2D eigenvalue weighted by Gasteiger charge is 2.15. The SMILES string of the molecule is CCn1c2ccccc2c2cc(-c3cc4c5ccccc5c5nccn5c4s3)ccc21. The molecule has 4 aromatic heterocycles. The number of para-hydroxylation sites is 1. The Morgan fingerprint density at radius 1 is 0.774 bits per heavy atom. The van der Waals surface area contributed by atoms with Gasteiger partial charge in [-0.2, -0.15) is 0 Å². The van der Waals surface area contributed by atoms with Crippen molar-refractivity contribution in [3.63, 3.8) is 0 Å². The molecule has 7 rings (SSSR count). The molecule has 0 fully saturated rings. The zero-order valence-electron chi connectivity index (χ0n) is 17.0. The molecule has 3 aromatic carbocycles. The van der Waals surface area contributed by atoms with E-state index in [1.54, 1.807) is 0 Å². The number of benzene rings is 3. The van der Waals surface area contributed by atoms with Crippen LogP contribution in [-0.4, -0.2) is 14.0 Å². The predicted octanol–water partition coefficient (Wildman–Crippen LogP) is 7.50. The molecule has 4 heteroatoms. The molecule has 7 aromatic rings. The van der Waals surface area contributed by atoms with Gasteiger partial charge in [0, 0.05) is 56.4 Å². The fourth-order valence-corrected chi connectivity index (χ4v) is 6.18. The standard InChI is InChI=1S/C27H19N3S/c1-2-29-23-10-6-5-8-19(23)21-15-17(11-12-24(21)29)25-16-22-18-7-3-4-9-20(18)26-28-13-14-30(26)27(22)31-25/h3-16H,2H2,1H3. The lowest BCUT2D eigenvalue weighted by atomic mass is 10.1. The van der Waals surface area contributed by atoms with Crippen LogP contribution in [-0.2, 0) is 6.54 Å². The van der Waals surface area contributed by atoms with Crippen molar-refractivity contribution in [2.24, 2.45) is 0 Å². The Bertz CT molecular complexity index is 1780. The molecule has 0 unspecified atom stereocenters. The maximum atomic E-state index is 4.63. The van der Waals surface area contributed by atoms with Crippen molar-refractivity contribution in [2.75, 3.05) is 0 Å². The molecular formula is C27H19N3S. The summed E-state index contributed by atoms with van der Waals surface area (Å²) in [6.45, 7) is 3.18. The lowest BCUT2D eigenvalue weighted by Crippen LogP contribution is -1.92. The highest BCUT2D eigenvalue weighted by atomic mass is 32.1. The fraction of sp³-hybridized carbons (Fsp3) is 0.0741. The van der Waals surface area contributed by atoms with Gasteiger partial charge in [0.05, 0.1) is 0 Å². The van der Waals surface area contributed by atoms with Crippen LogP contribution in [0.2, 0.25) is 0 Å².